The second kappa shape index (κ2) is 4.10. The fourth-order valence-electron chi connectivity index (χ4n) is 1.12. The quantitative estimate of drug-likeness (QED) is 0.761. The highest BCUT2D eigenvalue weighted by Gasteiger charge is 2.11. The molecule has 6 heteroatoms. The van der Waals surface area contributed by atoms with Crippen molar-refractivity contribution in [3.8, 4) is 0 Å². The van der Waals surface area contributed by atoms with E-state index in [0.29, 0.717) is 6.42 Å². The molecule has 1 atom stereocenters. The van der Waals surface area contributed by atoms with Gasteiger partial charge in [-0.2, -0.15) is 5.10 Å². The number of aromatic nitrogens is 2. The van der Waals surface area contributed by atoms with Crippen LogP contribution in [0.1, 0.15) is 18.2 Å². The number of nitrogens with zero attached hydrogens (tertiary/aromatic N) is 2. The summed E-state index contributed by atoms with van der Waals surface area (Å²) in [7, 11) is -1.14. The van der Waals surface area contributed by atoms with Crippen molar-refractivity contribution in [2.75, 3.05) is 12.0 Å². The van der Waals surface area contributed by atoms with Crippen LogP contribution < -0.4 is 5.73 Å². The third-order valence-corrected chi connectivity index (χ3v) is 2.89. The van der Waals surface area contributed by atoms with Crippen molar-refractivity contribution >= 4 is 9.84 Å². The Morgan fingerprint density at radius 2 is 2.29 bits per heavy atom. The minimum absolute atomic E-state index is 0.102. The van der Waals surface area contributed by atoms with Crippen LogP contribution in [0.15, 0.2) is 12.3 Å². The lowest BCUT2D eigenvalue weighted by molar-refractivity contribution is 0.587. The molecular formula is C8H15N3O2S. The summed E-state index contributed by atoms with van der Waals surface area (Å²) in [5.74, 6) is 0.102. The van der Waals surface area contributed by atoms with E-state index in [1.54, 1.807) is 24.0 Å². The molecule has 0 saturated heterocycles. The predicted octanol–water partition coefficient (Wildman–Crippen LogP) is -0.145. The molecule has 1 heterocycles. The molecule has 0 aliphatic rings. The van der Waals surface area contributed by atoms with Gasteiger partial charge in [-0.1, -0.05) is 0 Å². The Morgan fingerprint density at radius 3 is 2.71 bits per heavy atom. The molecule has 1 unspecified atom stereocenters. The molecule has 1 aromatic rings. The lowest BCUT2D eigenvalue weighted by atomic mass is 10.2. The Kier molecular flexibility index (Phi) is 3.28. The number of hydrogen-bond acceptors (Lipinski definition) is 4. The first-order valence-corrected chi connectivity index (χ1v) is 6.37. The van der Waals surface area contributed by atoms with Gasteiger partial charge in [0.25, 0.3) is 0 Å². The van der Waals surface area contributed by atoms with Gasteiger partial charge in [-0.05, 0) is 12.5 Å². The second-order valence-corrected chi connectivity index (χ2v) is 5.70. The fourth-order valence-corrected chi connectivity index (χ4v) is 1.80. The first-order chi connectivity index (χ1) is 6.38. The Morgan fingerprint density at radius 1 is 1.64 bits per heavy atom. The second-order valence-electron chi connectivity index (χ2n) is 3.44. The van der Waals surface area contributed by atoms with E-state index in [1.807, 2.05) is 0 Å². The SMILES string of the molecule is Cn1ccc(C(N)CCS(C)(=O)=O)n1. The lowest BCUT2D eigenvalue weighted by Gasteiger charge is -2.06. The van der Waals surface area contributed by atoms with Gasteiger partial charge in [-0.15, -0.1) is 0 Å². The van der Waals surface area contributed by atoms with Crippen LogP contribution >= 0.6 is 0 Å². The third-order valence-electron chi connectivity index (χ3n) is 1.91. The van der Waals surface area contributed by atoms with Gasteiger partial charge in [-0.3, -0.25) is 4.68 Å². The van der Waals surface area contributed by atoms with Gasteiger partial charge in [0.15, 0.2) is 0 Å². The number of nitrogens with two attached hydrogens (primary N) is 1. The van der Waals surface area contributed by atoms with E-state index in [0.717, 1.165) is 5.69 Å². The average Bonchev–Trinajstić information content (AvgIpc) is 2.46. The van der Waals surface area contributed by atoms with Crippen molar-refractivity contribution in [1.29, 1.82) is 0 Å². The smallest absolute Gasteiger partial charge is 0.147 e. The summed E-state index contributed by atoms with van der Waals surface area (Å²) < 4.78 is 23.4. The molecule has 0 fully saturated rings. The average molecular weight is 217 g/mol. The predicted molar refractivity (Wildman–Crippen MR) is 54.5 cm³/mol. The molecule has 0 saturated carbocycles. The van der Waals surface area contributed by atoms with Crippen LogP contribution in [0.2, 0.25) is 0 Å². The van der Waals surface area contributed by atoms with Crippen molar-refractivity contribution in [3.05, 3.63) is 18.0 Å². The number of rotatable bonds is 4. The molecule has 0 aromatic carbocycles. The molecule has 80 valence electrons. The molecule has 0 aliphatic carbocycles. The van der Waals surface area contributed by atoms with E-state index in [4.69, 9.17) is 5.73 Å². The monoisotopic (exact) mass is 217 g/mol. The summed E-state index contributed by atoms with van der Waals surface area (Å²) in [6.07, 6.45) is 3.41. The molecule has 1 aromatic heterocycles. The largest absolute Gasteiger partial charge is 0.323 e. The molecule has 5 nitrogen and oxygen atoms in total. The van der Waals surface area contributed by atoms with Gasteiger partial charge in [0.05, 0.1) is 11.4 Å². The standard InChI is InChI=1S/C8H15N3O2S/c1-11-5-3-8(10-11)7(9)4-6-14(2,12)13/h3,5,7H,4,6,9H2,1-2H3. The first-order valence-electron chi connectivity index (χ1n) is 4.31. The van der Waals surface area contributed by atoms with E-state index >= 15 is 0 Å². The summed E-state index contributed by atoms with van der Waals surface area (Å²) in [5, 5.41) is 4.11. The van der Waals surface area contributed by atoms with Gasteiger partial charge in [0.1, 0.15) is 9.84 Å². The summed E-state index contributed by atoms with van der Waals surface area (Å²) in [6, 6.07) is 1.50. The number of sulfone groups is 1. The molecule has 0 aliphatic heterocycles. The first kappa shape index (κ1) is 11.2. The van der Waals surface area contributed by atoms with Crippen LogP contribution in [-0.4, -0.2) is 30.2 Å². The number of hydrogen-bond donors (Lipinski definition) is 1. The molecule has 0 amide bonds. The topological polar surface area (TPSA) is 78.0 Å². The van der Waals surface area contributed by atoms with Crippen LogP contribution in [0.4, 0.5) is 0 Å². The highest BCUT2D eigenvalue weighted by atomic mass is 32.2. The van der Waals surface area contributed by atoms with Crippen LogP contribution in [0.3, 0.4) is 0 Å². The Hall–Kier alpha value is -0.880. The van der Waals surface area contributed by atoms with Crippen molar-refractivity contribution in [3.63, 3.8) is 0 Å². The van der Waals surface area contributed by atoms with E-state index in [2.05, 4.69) is 5.10 Å². The van der Waals surface area contributed by atoms with Gasteiger partial charge >= 0.3 is 0 Å². The molecule has 1 rings (SSSR count). The zero-order chi connectivity index (χ0) is 10.8. The summed E-state index contributed by atoms with van der Waals surface area (Å²) >= 11 is 0. The van der Waals surface area contributed by atoms with Crippen molar-refractivity contribution in [1.82, 2.24) is 9.78 Å². The third kappa shape index (κ3) is 3.47. The Labute approximate surface area is 83.8 Å². The van der Waals surface area contributed by atoms with Crippen molar-refractivity contribution in [2.45, 2.75) is 12.5 Å². The van der Waals surface area contributed by atoms with Gasteiger partial charge in [0, 0.05) is 25.5 Å². The highest BCUT2D eigenvalue weighted by molar-refractivity contribution is 7.90. The summed E-state index contributed by atoms with van der Waals surface area (Å²) in [4.78, 5) is 0. The van der Waals surface area contributed by atoms with Crippen LogP contribution in [-0.2, 0) is 16.9 Å². The van der Waals surface area contributed by atoms with E-state index in [-0.39, 0.29) is 11.8 Å². The molecule has 0 radical (unpaired) electrons. The maximum Gasteiger partial charge on any atom is 0.147 e. The highest BCUT2D eigenvalue weighted by Crippen LogP contribution is 2.11. The summed E-state index contributed by atoms with van der Waals surface area (Å²) in [5.41, 5.74) is 6.51. The minimum atomic E-state index is -2.93. The van der Waals surface area contributed by atoms with Crippen LogP contribution in [0, 0.1) is 0 Å². The molecular weight excluding hydrogens is 202 g/mol. The Balaban J connectivity index is 2.55. The molecule has 0 spiro atoms. The zero-order valence-corrected chi connectivity index (χ0v) is 9.16. The van der Waals surface area contributed by atoms with E-state index < -0.39 is 9.84 Å². The normalized spacial score (nSPS) is 14.2. The Bertz CT molecular complexity index is 396. The maximum absolute atomic E-state index is 10.9. The van der Waals surface area contributed by atoms with Gasteiger partial charge in [-0.25, -0.2) is 8.42 Å². The number of aryl methyl sites for hydroxylation is 1. The summed E-state index contributed by atoms with van der Waals surface area (Å²) in [6.45, 7) is 0. The van der Waals surface area contributed by atoms with Gasteiger partial charge in [0.2, 0.25) is 0 Å². The van der Waals surface area contributed by atoms with E-state index in [9.17, 15) is 8.42 Å². The molecule has 14 heavy (non-hydrogen) atoms. The molecule has 2 N–H and O–H groups in total. The fraction of sp³-hybridized carbons (Fsp3) is 0.625. The maximum atomic E-state index is 10.9. The molecule has 0 bridgehead atoms. The van der Waals surface area contributed by atoms with Crippen LogP contribution in [0.25, 0.3) is 0 Å². The lowest BCUT2D eigenvalue weighted by Crippen LogP contribution is -2.16. The minimum Gasteiger partial charge on any atom is -0.323 e. The van der Waals surface area contributed by atoms with Crippen molar-refractivity contribution < 1.29 is 8.42 Å². The van der Waals surface area contributed by atoms with Crippen LogP contribution in [0.5, 0.6) is 0 Å². The zero-order valence-electron chi connectivity index (χ0n) is 8.34. The van der Waals surface area contributed by atoms with E-state index in [1.165, 1.54) is 6.26 Å². The van der Waals surface area contributed by atoms with Crippen molar-refractivity contribution in [2.24, 2.45) is 12.8 Å². The van der Waals surface area contributed by atoms with Gasteiger partial charge < -0.3 is 5.73 Å².